The monoisotopic (exact) mass is 259 g/mol. The summed E-state index contributed by atoms with van der Waals surface area (Å²) in [5, 5.41) is 0. The van der Waals surface area contributed by atoms with Crippen LogP contribution in [0.3, 0.4) is 0 Å². The molecule has 2 saturated heterocycles. The predicted molar refractivity (Wildman–Crippen MR) is 72.4 cm³/mol. The van der Waals surface area contributed by atoms with Gasteiger partial charge >= 0.3 is 0 Å². The van der Waals surface area contributed by atoms with Crippen LogP contribution in [0.25, 0.3) is 0 Å². The summed E-state index contributed by atoms with van der Waals surface area (Å²) in [7, 11) is 0. The number of hydrogen-bond donors (Lipinski definition) is 1. The standard InChI is InChI=1S/C13H25NO2S/c1-2-5-15-9-12(14)11-3-6-16-13(8-11)4-7-17-10-13/h11-12H,2-10,14H2,1H3. The van der Waals surface area contributed by atoms with E-state index in [1.165, 1.54) is 12.2 Å². The first-order valence-corrected chi connectivity index (χ1v) is 7.96. The Bertz CT molecular complexity index is 231. The summed E-state index contributed by atoms with van der Waals surface area (Å²) < 4.78 is 11.6. The molecule has 0 amide bonds. The van der Waals surface area contributed by atoms with E-state index in [0.29, 0.717) is 12.5 Å². The zero-order chi connectivity index (χ0) is 12.1. The molecule has 2 N–H and O–H groups in total. The van der Waals surface area contributed by atoms with Gasteiger partial charge in [0.1, 0.15) is 0 Å². The molecule has 17 heavy (non-hydrogen) atoms. The van der Waals surface area contributed by atoms with Crippen LogP contribution in [-0.2, 0) is 9.47 Å². The Morgan fingerprint density at radius 2 is 2.47 bits per heavy atom. The molecular weight excluding hydrogens is 234 g/mol. The Balaban J connectivity index is 1.79. The molecule has 2 aliphatic rings. The predicted octanol–water partition coefficient (Wildman–Crippen LogP) is 2.04. The van der Waals surface area contributed by atoms with Crippen molar-refractivity contribution in [2.24, 2.45) is 11.7 Å². The van der Waals surface area contributed by atoms with Crippen LogP contribution in [0.1, 0.15) is 32.6 Å². The minimum absolute atomic E-state index is 0.149. The highest BCUT2D eigenvalue weighted by Crippen LogP contribution is 2.40. The summed E-state index contributed by atoms with van der Waals surface area (Å²) >= 11 is 2.02. The third kappa shape index (κ3) is 3.60. The van der Waals surface area contributed by atoms with Crippen molar-refractivity contribution in [1.82, 2.24) is 0 Å². The van der Waals surface area contributed by atoms with Gasteiger partial charge in [-0.3, -0.25) is 0 Å². The topological polar surface area (TPSA) is 44.5 Å². The van der Waals surface area contributed by atoms with Gasteiger partial charge in [0.25, 0.3) is 0 Å². The lowest BCUT2D eigenvalue weighted by atomic mass is 9.82. The van der Waals surface area contributed by atoms with Crippen molar-refractivity contribution in [3.05, 3.63) is 0 Å². The Hall–Kier alpha value is 0.230. The molecule has 0 aliphatic carbocycles. The van der Waals surface area contributed by atoms with Gasteiger partial charge in [-0.05, 0) is 37.4 Å². The van der Waals surface area contributed by atoms with Crippen molar-refractivity contribution in [3.8, 4) is 0 Å². The van der Waals surface area contributed by atoms with E-state index in [4.69, 9.17) is 15.2 Å². The number of ether oxygens (including phenoxy) is 2. The lowest BCUT2D eigenvalue weighted by Gasteiger charge is -2.39. The lowest BCUT2D eigenvalue weighted by molar-refractivity contribution is -0.0869. The molecule has 0 aromatic carbocycles. The fraction of sp³-hybridized carbons (Fsp3) is 1.00. The fourth-order valence-electron chi connectivity index (χ4n) is 2.79. The van der Waals surface area contributed by atoms with Crippen molar-refractivity contribution in [3.63, 3.8) is 0 Å². The van der Waals surface area contributed by atoms with Crippen LogP contribution in [0, 0.1) is 5.92 Å². The fourth-order valence-corrected chi connectivity index (χ4v) is 4.17. The molecule has 0 aromatic rings. The normalized spacial score (nSPS) is 35.3. The van der Waals surface area contributed by atoms with Gasteiger partial charge in [0, 0.05) is 25.0 Å². The molecular formula is C13H25NO2S. The molecule has 0 bridgehead atoms. The molecule has 0 saturated carbocycles. The molecule has 2 fully saturated rings. The second-order valence-electron chi connectivity index (χ2n) is 5.33. The van der Waals surface area contributed by atoms with Crippen molar-refractivity contribution in [2.45, 2.75) is 44.2 Å². The maximum Gasteiger partial charge on any atom is 0.0783 e. The van der Waals surface area contributed by atoms with Crippen LogP contribution in [0.5, 0.6) is 0 Å². The van der Waals surface area contributed by atoms with E-state index in [-0.39, 0.29) is 11.6 Å². The summed E-state index contributed by atoms with van der Waals surface area (Å²) in [5.41, 5.74) is 6.40. The van der Waals surface area contributed by atoms with Crippen LogP contribution >= 0.6 is 11.8 Å². The van der Waals surface area contributed by atoms with Gasteiger partial charge < -0.3 is 15.2 Å². The van der Waals surface area contributed by atoms with E-state index in [1.54, 1.807) is 0 Å². The molecule has 0 radical (unpaired) electrons. The van der Waals surface area contributed by atoms with Gasteiger partial charge in [-0.2, -0.15) is 11.8 Å². The first-order valence-electron chi connectivity index (χ1n) is 6.81. The number of hydrogen-bond acceptors (Lipinski definition) is 4. The zero-order valence-electron chi connectivity index (χ0n) is 10.8. The summed E-state index contributed by atoms with van der Waals surface area (Å²) in [6.07, 6.45) is 4.51. The number of rotatable bonds is 5. The van der Waals surface area contributed by atoms with E-state index in [1.807, 2.05) is 11.8 Å². The molecule has 2 aliphatic heterocycles. The largest absolute Gasteiger partial charge is 0.380 e. The van der Waals surface area contributed by atoms with Gasteiger partial charge in [0.15, 0.2) is 0 Å². The van der Waals surface area contributed by atoms with Crippen molar-refractivity contribution >= 4 is 11.8 Å². The van der Waals surface area contributed by atoms with Crippen molar-refractivity contribution in [2.75, 3.05) is 31.3 Å². The van der Waals surface area contributed by atoms with E-state index < -0.39 is 0 Å². The second kappa shape index (κ2) is 6.41. The minimum Gasteiger partial charge on any atom is -0.380 e. The van der Waals surface area contributed by atoms with Gasteiger partial charge in [-0.25, -0.2) is 0 Å². The van der Waals surface area contributed by atoms with Crippen LogP contribution < -0.4 is 5.73 Å². The van der Waals surface area contributed by atoms with Crippen LogP contribution in [0.2, 0.25) is 0 Å². The first-order chi connectivity index (χ1) is 8.26. The van der Waals surface area contributed by atoms with Gasteiger partial charge in [0.2, 0.25) is 0 Å². The Morgan fingerprint density at radius 3 is 3.18 bits per heavy atom. The first kappa shape index (κ1) is 13.7. The molecule has 3 unspecified atom stereocenters. The molecule has 2 heterocycles. The van der Waals surface area contributed by atoms with Crippen molar-refractivity contribution < 1.29 is 9.47 Å². The van der Waals surface area contributed by atoms with Crippen LogP contribution in [0.15, 0.2) is 0 Å². The van der Waals surface area contributed by atoms with Crippen LogP contribution in [-0.4, -0.2) is 43.0 Å². The molecule has 4 heteroatoms. The molecule has 1 spiro atoms. The minimum atomic E-state index is 0.149. The molecule has 3 nitrogen and oxygen atoms in total. The number of thioether (sulfide) groups is 1. The second-order valence-corrected chi connectivity index (χ2v) is 6.43. The molecule has 100 valence electrons. The third-order valence-electron chi connectivity index (χ3n) is 3.86. The molecule has 3 atom stereocenters. The van der Waals surface area contributed by atoms with E-state index in [0.717, 1.165) is 38.2 Å². The molecule has 0 aromatic heterocycles. The Kier molecular flexibility index (Phi) is 5.15. The lowest BCUT2D eigenvalue weighted by Crippen LogP contribution is -2.46. The highest BCUT2D eigenvalue weighted by Gasteiger charge is 2.41. The highest BCUT2D eigenvalue weighted by molar-refractivity contribution is 7.99. The van der Waals surface area contributed by atoms with Crippen molar-refractivity contribution in [1.29, 1.82) is 0 Å². The van der Waals surface area contributed by atoms with E-state index in [9.17, 15) is 0 Å². The maximum absolute atomic E-state index is 6.25. The Morgan fingerprint density at radius 1 is 1.59 bits per heavy atom. The quantitative estimate of drug-likeness (QED) is 0.767. The number of nitrogens with two attached hydrogens (primary N) is 1. The average Bonchev–Trinajstić information content (AvgIpc) is 2.77. The van der Waals surface area contributed by atoms with Gasteiger partial charge in [0.05, 0.1) is 12.2 Å². The SMILES string of the molecule is CCCOCC(N)C1CCOC2(CCSC2)C1. The van der Waals surface area contributed by atoms with Gasteiger partial charge in [-0.15, -0.1) is 0 Å². The third-order valence-corrected chi connectivity index (χ3v) is 5.09. The van der Waals surface area contributed by atoms with Gasteiger partial charge in [-0.1, -0.05) is 6.92 Å². The smallest absolute Gasteiger partial charge is 0.0783 e. The summed E-state index contributed by atoms with van der Waals surface area (Å²) in [6.45, 7) is 4.55. The Labute approximate surface area is 109 Å². The summed E-state index contributed by atoms with van der Waals surface area (Å²) in [5.74, 6) is 2.99. The highest BCUT2D eigenvalue weighted by atomic mass is 32.2. The van der Waals surface area contributed by atoms with E-state index in [2.05, 4.69) is 6.92 Å². The zero-order valence-corrected chi connectivity index (χ0v) is 11.6. The average molecular weight is 259 g/mol. The maximum atomic E-state index is 6.25. The molecule has 2 rings (SSSR count). The van der Waals surface area contributed by atoms with E-state index >= 15 is 0 Å². The van der Waals surface area contributed by atoms with Crippen LogP contribution in [0.4, 0.5) is 0 Å². The summed E-state index contributed by atoms with van der Waals surface area (Å²) in [4.78, 5) is 0. The summed E-state index contributed by atoms with van der Waals surface area (Å²) in [6, 6.07) is 0.188.